The van der Waals surface area contributed by atoms with E-state index in [-0.39, 0.29) is 0 Å². The Morgan fingerprint density at radius 1 is 1.56 bits per heavy atom. The SMILES string of the molecule is [c]1cccn2ncnc12. The van der Waals surface area contributed by atoms with E-state index in [0.29, 0.717) is 0 Å². The zero-order valence-electron chi connectivity index (χ0n) is 4.65. The lowest BCUT2D eigenvalue weighted by atomic mass is 10.5. The highest BCUT2D eigenvalue weighted by Gasteiger charge is 1.87. The van der Waals surface area contributed by atoms with Crippen LogP contribution in [0.2, 0.25) is 0 Å². The van der Waals surface area contributed by atoms with Crippen LogP contribution in [-0.2, 0) is 0 Å². The average molecular weight is 118 g/mol. The van der Waals surface area contributed by atoms with Gasteiger partial charge in [-0.1, -0.05) is 0 Å². The lowest BCUT2D eigenvalue weighted by Crippen LogP contribution is -1.82. The summed E-state index contributed by atoms with van der Waals surface area (Å²) in [5.74, 6) is 0. The molecule has 43 valence electrons. The first-order valence-corrected chi connectivity index (χ1v) is 2.63. The summed E-state index contributed by atoms with van der Waals surface area (Å²) in [7, 11) is 0. The summed E-state index contributed by atoms with van der Waals surface area (Å²) in [5, 5.41) is 3.89. The molecule has 0 fully saturated rings. The van der Waals surface area contributed by atoms with Crippen molar-refractivity contribution < 1.29 is 0 Å². The van der Waals surface area contributed by atoms with Gasteiger partial charge in [0.25, 0.3) is 0 Å². The predicted octanol–water partition coefficient (Wildman–Crippen LogP) is 0.529. The zero-order valence-corrected chi connectivity index (χ0v) is 4.65. The summed E-state index contributed by atoms with van der Waals surface area (Å²) in [6.07, 6.45) is 3.34. The number of rotatable bonds is 0. The van der Waals surface area contributed by atoms with E-state index in [9.17, 15) is 0 Å². The molecule has 0 N–H and O–H groups in total. The highest BCUT2D eigenvalue weighted by molar-refractivity contribution is 5.32. The van der Waals surface area contributed by atoms with Gasteiger partial charge >= 0.3 is 0 Å². The van der Waals surface area contributed by atoms with Crippen molar-refractivity contribution in [2.75, 3.05) is 0 Å². The summed E-state index contributed by atoms with van der Waals surface area (Å²) in [5.41, 5.74) is 0.762. The van der Waals surface area contributed by atoms with E-state index >= 15 is 0 Å². The molecule has 0 saturated heterocycles. The van der Waals surface area contributed by atoms with Crippen LogP contribution in [-0.4, -0.2) is 14.6 Å². The monoisotopic (exact) mass is 118 g/mol. The molecule has 0 saturated carbocycles. The Labute approximate surface area is 52.0 Å². The Morgan fingerprint density at radius 3 is 3.44 bits per heavy atom. The lowest BCUT2D eigenvalue weighted by Gasteiger charge is -1.83. The van der Waals surface area contributed by atoms with Crippen molar-refractivity contribution in [1.82, 2.24) is 14.6 Å². The second-order valence-corrected chi connectivity index (χ2v) is 1.68. The first kappa shape index (κ1) is 4.49. The summed E-state index contributed by atoms with van der Waals surface area (Å²) in [4.78, 5) is 3.92. The Balaban J connectivity index is 2.95. The number of aromatic nitrogens is 3. The van der Waals surface area contributed by atoms with Crippen molar-refractivity contribution in [1.29, 1.82) is 0 Å². The van der Waals surface area contributed by atoms with Crippen LogP contribution in [0, 0.1) is 6.07 Å². The molecule has 1 radical (unpaired) electrons. The Kier molecular flexibility index (Phi) is 0.773. The number of fused-ring (bicyclic) bond motifs is 1. The fraction of sp³-hybridized carbons (Fsp3) is 0. The third kappa shape index (κ3) is 0.579. The first-order chi connectivity index (χ1) is 4.47. The van der Waals surface area contributed by atoms with Gasteiger partial charge in [0.1, 0.15) is 6.33 Å². The van der Waals surface area contributed by atoms with Crippen LogP contribution < -0.4 is 0 Å². The second-order valence-electron chi connectivity index (χ2n) is 1.68. The van der Waals surface area contributed by atoms with Crippen LogP contribution in [0.5, 0.6) is 0 Å². The molecular weight excluding hydrogens is 114 g/mol. The highest BCUT2D eigenvalue weighted by Crippen LogP contribution is 1.92. The van der Waals surface area contributed by atoms with E-state index in [0.717, 1.165) is 5.65 Å². The van der Waals surface area contributed by atoms with E-state index in [4.69, 9.17) is 0 Å². The topological polar surface area (TPSA) is 30.2 Å². The number of pyridine rings is 1. The summed E-state index contributed by atoms with van der Waals surface area (Å²) in [6.45, 7) is 0. The molecule has 0 bridgehead atoms. The minimum Gasteiger partial charge on any atom is -0.221 e. The van der Waals surface area contributed by atoms with Gasteiger partial charge < -0.3 is 0 Å². The average Bonchev–Trinajstić information content (AvgIpc) is 2.33. The molecule has 0 unspecified atom stereocenters. The Morgan fingerprint density at radius 2 is 2.56 bits per heavy atom. The van der Waals surface area contributed by atoms with Gasteiger partial charge in [-0.25, -0.2) is 9.50 Å². The number of hydrogen-bond acceptors (Lipinski definition) is 2. The molecule has 2 rings (SSSR count). The van der Waals surface area contributed by atoms with E-state index in [1.165, 1.54) is 6.33 Å². The van der Waals surface area contributed by atoms with E-state index < -0.39 is 0 Å². The van der Waals surface area contributed by atoms with Gasteiger partial charge in [-0.15, -0.1) is 0 Å². The fourth-order valence-corrected chi connectivity index (χ4v) is 0.710. The van der Waals surface area contributed by atoms with Crippen LogP contribution in [0.4, 0.5) is 0 Å². The summed E-state index contributed by atoms with van der Waals surface area (Å²) in [6, 6.07) is 6.59. The molecule has 0 atom stereocenters. The van der Waals surface area contributed by atoms with Crippen LogP contribution in [0.15, 0.2) is 24.7 Å². The van der Waals surface area contributed by atoms with E-state index in [1.54, 1.807) is 4.52 Å². The molecule has 2 aromatic rings. The number of nitrogens with zero attached hydrogens (tertiary/aromatic N) is 3. The molecular formula is C6H4N3. The predicted molar refractivity (Wildman–Crippen MR) is 31.8 cm³/mol. The third-order valence-corrected chi connectivity index (χ3v) is 1.11. The minimum atomic E-state index is 0.762. The fourth-order valence-electron chi connectivity index (χ4n) is 0.710. The van der Waals surface area contributed by atoms with Crippen LogP contribution in [0.1, 0.15) is 0 Å². The highest BCUT2D eigenvalue weighted by atomic mass is 15.3. The standard InChI is InChI=1S/C6H4N3/c1-2-4-9-6(3-1)7-5-8-9/h1-2,4-5H. The van der Waals surface area contributed by atoms with Crippen LogP contribution in [0.3, 0.4) is 0 Å². The molecule has 3 nitrogen and oxygen atoms in total. The van der Waals surface area contributed by atoms with Crippen molar-refractivity contribution in [3.63, 3.8) is 0 Å². The van der Waals surface area contributed by atoms with Gasteiger partial charge in [0.2, 0.25) is 0 Å². The molecule has 0 spiro atoms. The van der Waals surface area contributed by atoms with Gasteiger partial charge in [0, 0.05) is 12.3 Å². The zero-order chi connectivity index (χ0) is 6.10. The Bertz CT molecular complexity index is 282. The van der Waals surface area contributed by atoms with Crippen molar-refractivity contribution >= 4 is 5.65 Å². The van der Waals surface area contributed by atoms with Crippen molar-refractivity contribution in [2.45, 2.75) is 0 Å². The maximum Gasteiger partial charge on any atom is 0.163 e. The first-order valence-electron chi connectivity index (χ1n) is 2.63. The molecule has 3 heteroatoms. The molecule has 0 aliphatic carbocycles. The van der Waals surface area contributed by atoms with E-state index in [1.807, 2.05) is 18.3 Å². The molecule has 0 aliphatic heterocycles. The maximum atomic E-state index is 3.92. The van der Waals surface area contributed by atoms with Gasteiger partial charge in [-0.2, -0.15) is 5.10 Å². The third-order valence-electron chi connectivity index (χ3n) is 1.11. The van der Waals surface area contributed by atoms with Crippen LogP contribution >= 0.6 is 0 Å². The largest absolute Gasteiger partial charge is 0.221 e. The molecule has 0 aromatic carbocycles. The van der Waals surface area contributed by atoms with Gasteiger partial charge in [-0.05, 0) is 12.1 Å². The summed E-state index contributed by atoms with van der Waals surface area (Å²) >= 11 is 0. The molecule has 2 heterocycles. The molecule has 2 aromatic heterocycles. The van der Waals surface area contributed by atoms with Gasteiger partial charge in [-0.3, -0.25) is 0 Å². The van der Waals surface area contributed by atoms with Gasteiger partial charge in [0.15, 0.2) is 5.65 Å². The second kappa shape index (κ2) is 1.55. The maximum absolute atomic E-state index is 3.92. The normalized spacial score (nSPS) is 10.2. The van der Waals surface area contributed by atoms with Crippen molar-refractivity contribution in [3.8, 4) is 0 Å². The lowest BCUT2D eigenvalue weighted by molar-refractivity contribution is 0.960. The minimum absolute atomic E-state index is 0.762. The van der Waals surface area contributed by atoms with Crippen LogP contribution in [0.25, 0.3) is 5.65 Å². The molecule has 0 amide bonds. The smallest absolute Gasteiger partial charge is 0.163 e. The van der Waals surface area contributed by atoms with Crippen molar-refractivity contribution in [2.24, 2.45) is 0 Å². The number of hydrogen-bond donors (Lipinski definition) is 0. The van der Waals surface area contributed by atoms with E-state index in [2.05, 4.69) is 16.1 Å². The molecule has 9 heavy (non-hydrogen) atoms. The Hall–Kier alpha value is -1.38. The quantitative estimate of drug-likeness (QED) is 0.505. The summed E-state index contributed by atoms with van der Waals surface area (Å²) < 4.78 is 1.67. The molecule has 0 aliphatic rings. The van der Waals surface area contributed by atoms with Gasteiger partial charge in [0.05, 0.1) is 0 Å². The van der Waals surface area contributed by atoms with Crippen molar-refractivity contribution in [3.05, 3.63) is 30.7 Å².